The van der Waals surface area contributed by atoms with E-state index in [1.54, 1.807) is 6.92 Å². The van der Waals surface area contributed by atoms with Gasteiger partial charge in [0.2, 0.25) is 0 Å². The van der Waals surface area contributed by atoms with Crippen LogP contribution in [-0.4, -0.2) is 21.4 Å². The summed E-state index contributed by atoms with van der Waals surface area (Å²) in [4.78, 5) is 23.5. The topological polar surface area (TPSA) is 65.7 Å². The predicted octanol–water partition coefficient (Wildman–Crippen LogP) is 3.74. The number of carbonyl (C=O) groups is 1. The molecule has 1 rings (SSSR count). The summed E-state index contributed by atoms with van der Waals surface area (Å²) < 4.78 is 16.1. The third-order valence-electron chi connectivity index (χ3n) is 4.17. The molecule has 0 amide bonds. The van der Waals surface area contributed by atoms with Crippen molar-refractivity contribution in [1.82, 2.24) is 0 Å². The molecule has 0 fully saturated rings. The Morgan fingerprint density at radius 2 is 1.96 bits per heavy atom. The first kappa shape index (κ1) is 19.4. The highest BCUT2D eigenvalue weighted by Crippen LogP contribution is 2.36. The van der Waals surface area contributed by atoms with E-state index in [0.29, 0.717) is 16.9 Å². The molecule has 5 nitrogen and oxygen atoms in total. The molecule has 0 aliphatic carbocycles. The van der Waals surface area contributed by atoms with Crippen LogP contribution in [0.3, 0.4) is 0 Å². The highest BCUT2D eigenvalue weighted by molar-refractivity contribution is 6.74. The highest BCUT2D eigenvalue weighted by Gasteiger charge is 2.37. The second-order valence-electron chi connectivity index (χ2n) is 7.03. The molecule has 0 unspecified atom stereocenters. The molecule has 0 N–H and O–H groups in total. The number of methoxy groups -OCH3 is 1. The van der Waals surface area contributed by atoms with E-state index in [2.05, 4.69) is 38.6 Å². The Morgan fingerprint density at radius 1 is 1.35 bits per heavy atom. The van der Waals surface area contributed by atoms with Crippen molar-refractivity contribution in [2.75, 3.05) is 7.11 Å². The SMILES string of the molecule is COC(=O)/C(C)=C/c1coc(CO[Si](C)(C)C(C)(C)C)cc1=O. The largest absolute Gasteiger partial charge is 0.466 e. The van der Waals surface area contributed by atoms with Gasteiger partial charge in [0, 0.05) is 11.6 Å². The van der Waals surface area contributed by atoms with Crippen molar-refractivity contribution >= 4 is 20.4 Å². The quantitative estimate of drug-likeness (QED) is 0.465. The number of esters is 1. The molecule has 1 aromatic rings. The fourth-order valence-electron chi connectivity index (χ4n) is 1.56. The van der Waals surface area contributed by atoms with Gasteiger partial charge in [-0.1, -0.05) is 20.8 Å². The maximum atomic E-state index is 12.1. The first-order chi connectivity index (χ1) is 10.5. The lowest BCUT2D eigenvalue weighted by Gasteiger charge is -2.35. The summed E-state index contributed by atoms with van der Waals surface area (Å²) in [7, 11) is -0.605. The number of rotatable bonds is 5. The van der Waals surface area contributed by atoms with E-state index in [1.165, 1.54) is 25.5 Å². The second kappa shape index (κ2) is 7.27. The zero-order valence-corrected chi connectivity index (χ0v) is 16.0. The molecule has 0 radical (unpaired) electrons. The van der Waals surface area contributed by atoms with Gasteiger partial charge in [0.25, 0.3) is 0 Å². The van der Waals surface area contributed by atoms with Crippen molar-refractivity contribution in [2.45, 2.75) is 52.4 Å². The van der Waals surface area contributed by atoms with E-state index in [-0.39, 0.29) is 17.1 Å². The summed E-state index contributed by atoms with van der Waals surface area (Å²) in [5.74, 6) is 0.00225. The van der Waals surface area contributed by atoms with Crippen molar-refractivity contribution in [1.29, 1.82) is 0 Å². The van der Waals surface area contributed by atoms with E-state index in [1.807, 2.05) is 0 Å². The van der Waals surface area contributed by atoms with E-state index in [9.17, 15) is 9.59 Å². The van der Waals surface area contributed by atoms with Gasteiger partial charge >= 0.3 is 5.97 Å². The van der Waals surface area contributed by atoms with Gasteiger partial charge in [-0.15, -0.1) is 0 Å². The van der Waals surface area contributed by atoms with Crippen molar-refractivity contribution in [3.05, 3.63) is 39.4 Å². The number of carbonyl (C=O) groups excluding carboxylic acids is 1. The van der Waals surface area contributed by atoms with Crippen LogP contribution in [-0.2, 0) is 20.6 Å². The lowest BCUT2D eigenvalue weighted by molar-refractivity contribution is -0.135. The van der Waals surface area contributed by atoms with Gasteiger partial charge in [0.15, 0.2) is 13.7 Å². The van der Waals surface area contributed by atoms with Gasteiger partial charge in [-0.05, 0) is 31.1 Å². The Balaban J connectivity index is 2.90. The molecule has 0 saturated heterocycles. The molecule has 0 atom stereocenters. The molecule has 0 spiro atoms. The number of hydrogen-bond acceptors (Lipinski definition) is 5. The fraction of sp³-hybridized carbons (Fsp3) is 0.529. The molecule has 6 heteroatoms. The monoisotopic (exact) mass is 338 g/mol. The first-order valence-corrected chi connectivity index (χ1v) is 10.4. The average molecular weight is 338 g/mol. The van der Waals surface area contributed by atoms with Crippen LogP contribution in [0.2, 0.25) is 18.1 Å². The third kappa shape index (κ3) is 5.18. The fourth-order valence-corrected chi connectivity index (χ4v) is 2.50. The minimum absolute atomic E-state index is 0.0909. The standard InChI is InChI=1S/C17H26O5Si/c1-12(16(19)20-5)8-13-10-21-14(9-15(13)18)11-22-23(6,7)17(2,3)4/h8-10H,11H2,1-7H3/b12-8+. The smallest absolute Gasteiger partial charge is 0.333 e. The number of ether oxygens (including phenoxy) is 1. The Morgan fingerprint density at radius 3 is 2.43 bits per heavy atom. The normalized spacial score (nSPS) is 13.1. The summed E-state index contributed by atoms with van der Waals surface area (Å²) >= 11 is 0. The minimum Gasteiger partial charge on any atom is -0.466 e. The van der Waals surface area contributed by atoms with Crippen LogP contribution in [0.1, 0.15) is 39.0 Å². The minimum atomic E-state index is -1.90. The van der Waals surface area contributed by atoms with Gasteiger partial charge in [-0.25, -0.2) is 4.79 Å². The van der Waals surface area contributed by atoms with Crippen LogP contribution in [0.5, 0.6) is 0 Å². The lowest BCUT2D eigenvalue weighted by Crippen LogP contribution is -2.40. The summed E-state index contributed by atoms with van der Waals surface area (Å²) in [6.45, 7) is 12.6. The van der Waals surface area contributed by atoms with E-state index in [4.69, 9.17) is 8.84 Å². The molecule has 0 bridgehead atoms. The van der Waals surface area contributed by atoms with E-state index < -0.39 is 14.3 Å². The average Bonchev–Trinajstić information content (AvgIpc) is 2.45. The van der Waals surface area contributed by atoms with Crippen LogP contribution in [0.25, 0.3) is 6.08 Å². The Kier molecular flexibility index (Phi) is 6.13. The van der Waals surface area contributed by atoms with Gasteiger partial charge in [-0.2, -0.15) is 0 Å². The third-order valence-corrected chi connectivity index (χ3v) is 8.65. The summed E-state index contributed by atoms with van der Waals surface area (Å²) in [5.41, 5.74) is 0.433. The predicted molar refractivity (Wildman–Crippen MR) is 92.6 cm³/mol. The van der Waals surface area contributed by atoms with Crippen LogP contribution >= 0.6 is 0 Å². The molecular weight excluding hydrogens is 312 g/mol. The molecular formula is C17H26O5Si. The summed E-state index contributed by atoms with van der Waals surface area (Å²) in [5, 5.41) is 0.0909. The Hall–Kier alpha value is -1.66. The molecule has 1 aromatic heterocycles. The molecule has 23 heavy (non-hydrogen) atoms. The van der Waals surface area contributed by atoms with Crippen molar-refractivity contribution < 1.29 is 18.4 Å². The number of hydrogen-bond donors (Lipinski definition) is 0. The van der Waals surface area contributed by atoms with Crippen LogP contribution in [0, 0.1) is 0 Å². The van der Waals surface area contributed by atoms with Crippen LogP contribution in [0.4, 0.5) is 0 Å². The van der Waals surface area contributed by atoms with Gasteiger partial charge in [0.05, 0.1) is 19.3 Å². The van der Waals surface area contributed by atoms with E-state index in [0.717, 1.165) is 0 Å². The van der Waals surface area contributed by atoms with Gasteiger partial charge < -0.3 is 13.6 Å². The first-order valence-electron chi connectivity index (χ1n) is 7.50. The molecule has 0 aromatic carbocycles. The Labute approximate surface area is 138 Å². The van der Waals surface area contributed by atoms with Crippen molar-refractivity contribution in [3.8, 4) is 0 Å². The van der Waals surface area contributed by atoms with Gasteiger partial charge in [0.1, 0.15) is 12.0 Å². The molecule has 0 aliphatic rings. The maximum Gasteiger partial charge on any atom is 0.333 e. The zero-order chi connectivity index (χ0) is 17.8. The lowest BCUT2D eigenvalue weighted by atomic mass is 10.2. The highest BCUT2D eigenvalue weighted by atomic mass is 28.4. The molecule has 1 heterocycles. The summed E-state index contributed by atoms with van der Waals surface area (Å²) in [6.07, 6.45) is 2.80. The molecule has 0 saturated carbocycles. The second-order valence-corrected chi connectivity index (χ2v) is 11.8. The van der Waals surface area contributed by atoms with Crippen molar-refractivity contribution in [3.63, 3.8) is 0 Å². The summed E-state index contributed by atoms with van der Waals surface area (Å²) in [6, 6.07) is 1.41. The van der Waals surface area contributed by atoms with Crippen LogP contribution in [0.15, 0.2) is 27.1 Å². The van der Waals surface area contributed by atoms with Crippen molar-refractivity contribution in [2.24, 2.45) is 0 Å². The maximum absolute atomic E-state index is 12.1. The zero-order valence-electron chi connectivity index (χ0n) is 15.0. The van der Waals surface area contributed by atoms with Crippen LogP contribution < -0.4 is 5.43 Å². The molecule has 0 aliphatic heterocycles. The molecule has 128 valence electrons. The van der Waals surface area contributed by atoms with E-state index >= 15 is 0 Å². The Bertz CT molecular complexity index is 650. The van der Waals surface area contributed by atoms with Gasteiger partial charge in [-0.3, -0.25) is 4.79 Å².